The maximum Gasteiger partial charge on any atom is 0.0620 e. The maximum absolute atomic E-state index is 2.46. The van der Waals surface area contributed by atoms with Crippen LogP contribution in [0.2, 0.25) is 0 Å². The SMILES string of the molecule is c1ccc2c(c1)-c1cccc3c1c-2cc1c2ccccc2n(-c2ccc(-c4cccc5ccccc45)cc2)c31. The third-order valence-electron chi connectivity index (χ3n) is 8.52. The van der Waals surface area contributed by atoms with Crippen LogP contribution in [0.1, 0.15) is 0 Å². The topological polar surface area (TPSA) is 4.93 Å². The van der Waals surface area contributed by atoms with E-state index in [-0.39, 0.29) is 0 Å². The lowest BCUT2D eigenvalue weighted by molar-refractivity contribution is 1.19. The Morgan fingerprint density at radius 2 is 1.00 bits per heavy atom. The Hall–Kier alpha value is -5.14. The van der Waals surface area contributed by atoms with E-state index in [1.807, 2.05) is 0 Å². The Bertz CT molecular complexity index is 2260. The second-order valence-electron chi connectivity index (χ2n) is 10.5. The molecule has 1 aliphatic carbocycles. The van der Waals surface area contributed by atoms with Crippen molar-refractivity contribution < 1.29 is 0 Å². The molecule has 1 heterocycles. The first-order chi connectivity index (χ1) is 19.4. The summed E-state index contributed by atoms with van der Waals surface area (Å²) in [4.78, 5) is 0. The summed E-state index contributed by atoms with van der Waals surface area (Å²) in [5, 5.41) is 7.83. The largest absolute Gasteiger partial charge is 0.309 e. The quantitative estimate of drug-likeness (QED) is 0.226. The van der Waals surface area contributed by atoms with Crippen LogP contribution < -0.4 is 0 Å². The summed E-state index contributed by atoms with van der Waals surface area (Å²) < 4.78 is 2.46. The van der Waals surface area contributed by atoms with E-state index in [4.69, 9.17) is 0 Å². The lowest BCUT2D eigenvalue weighted by atomic mass is 9.98. The van der Waals surface area contributed by atoms with E-state index in [2.05, 4.69) is 144 Å². The highest BCUT2D eigenvalue weighted by atomic mass is 15.0. The van der Waals surface area contributed by atoms with Crippen LogP contribution in [0.5, 0.6) is 0 Å². The monoisotopic (exact) mass is 493 g/mol. The highest BCUT2D eigenvalue weighted by Crippen LogP contribution is 2.50. The Kier molecular flexibility index (Phi) is 4.11. The van der Waals surface area contributed by atoms with Crippen LogP contribution in [0.15, 0.2) is 140 Å². The van der Waals surface area contributed by atoms with Gasteiger partial charge in [0.25, 0.3) is 0 Å². The molecule has 180 valence electrons. The van der Waals surface area contributed by atoms with Gasteiger partial charge in [0.2, 0.25) is 0 Å². The average molecular weight is 494 g/mol. The second-order valence-corrected chi connectivity index (χ2v) is 10.5. The van der Waals surface area contributed by atoms with Gasteiger partial charge in [0.05, 0.1) is 11.0 Å². The summed E-state index contributed by atoms with van der Waals surface area (Å²) in [6, 6.07) is 51.2. The zero-order chi connectivity index (χ0) is 25.5. The Morgan fingerprint density at radius 3 is 1.87 bits per heavy atom. The van der Waals surface area contributed by atoms with Gasteiger partial charge in [-0.1, -0.05) is 115 Å². The van der Waals surface area contributed by atoms with Gasteiger partial charge in [0, 0.05) is 21.8 Å². The number of nitrogens with zero attached hydrogens (tertiary/aromatic N) is 1. The number of para-hydroxylation sites is 1. The van der Waals surface area contributed by atoms with Crippen LogP contribution in [-0.4, -0.2) is 4.57 Å². The summed E-state index contributed by atoms with van der Waals surface area (Å²) in [6.07, 6.45) is 0. The van der Waals surface area contributed by atoms with Crippen molar-refractivity contribution in [2.45, 2.75) is 0 Å². The van der Waals surface area contributed by atoms with E-state index < -0.39 is 0 Å². The lowest BCUT2D eigenvalue weighted by Crippen LogP contribution is -1.95. The van der Waals surface area contributed by atoms with Gasteiger partial charge >= 0.3 is 0 Å². The summed E-state index contributed by atoms with van der Waals surface area (Å²) in [5.74, 6) is 0. The molecule has 0 amide bonds. The van der Waals surface area contributed by atoms with Crippen molar-refractivity contribution in [2.75, 3.05) is 0 Å². The minimum atomic E-state index is 1.18. The van der Waals surface area contributed by atoms with E-state index in [9.17, 15) is 0 Å². The van der Waals surface area contributed by atoms with E-state index in [0.29, 0.717) is 0 Å². The van der Waals surface area contributed by atoms with Gasteiger partial charge < -0.3 is 4.57 Å². The van der Waals surface area contributed by atoms with Gasteiger partial charge in [0.15, 0.2) is 0 Å². The fraction of sp³-hybridized carbons (Fsp3) is 0. The highest BCUT2D eigenvalue weighted by molar-refractivity contribution is 6.27. The van der Waals surface area contributed by atoms with Crippen molar-refractivity contribution in [3.8, 4) is 39.1 Å². The number of benzene rings is 7. The second kappa shape index (κ2) is 7.69. The number of hydrogen-bond donors (Lipinski definition) is 0. The zero-order valence-corrected chi connectivity index (χ0v) is 21.2. The lowest BCUT2D eigenvalue weighted by Gasteiger charge is -2.13. The van der Waals surface area contributed by atoms with Crippen molar-refractivity contribution in [1.29, 1.82) is 0 Å². The molecule has 0 saturated heterocycles. The predicted octanol–water partition coefficient (Wildman–Crippen LogP) is 10.4. The van der Waals surface area contributed by atoms with Gasteiger partial charge in [-0.2, -0.15) is 0 Å². The van der Waals surface area contributed by atoms with Crippen LogP contribution in [0.25, 0.3) is 82.4 Å². The molecule has 1 nitrogen and oxygen atoms in total. The molecule has 0 aliphatic heterocycles. The maximum atomic E-state index is 2.46. The van der Waals surface area contributed by atoms with Crippen LogP contribution in [0, 0.1) is 0 Å². The molecule has 9 rings (SSSR count). The molecule has 1 aromatic heterocycles. The van der Waals surface area contributed by atoms with E-state index in [1.165, 1.54) is 82.4 Å². The summed E-state index contributed by atoms with van der Waals surface area (Å²) in [6.45, 7) is 0. The summed E-state index contributed by atoms with van der Waals surface area (Å²) >= 11 is 0. The molecule has 8 aromatic rings. The molecular formula is C38H23N. The molecule has 7 aromatic carbocycles. The number of rotatable bonds is 2. The molecule has 0 unspecified atom stereocenters. The molecule has 0 atom stereocenters. The molecule has 0 fully saturated rings. The fourth-order valence-electron chi connectivity index (χ4n) is 6.86. The van der Waals surface area contributed by atoms with Crippen LogP contribution in [-0.2, 0) is 0 Å². The van der Waals surface area contributed by atoms with E-state index in [0.717, 1.165) is 0 Å². The van der Waals surface area contributed by atoms with Gasteiger partial charge in [-0.25, -0.2) is 0 Å². The van der Waals surface area contributed by atoms with Crippen molar-refractivity contribution in [3.63, 3.8) is 0 Å². The zero-order valence-electron chi connectivity index (χ0n) is 21.2. The van der Waals surface area contributed by atoms with Crippen LogP contribution in [0.4, 0.5) is 0 Å². The minimum Gasteiger partial charge on any atom is -0.309 e. The van der Waals surface area contributed by atoms with Gasteiger partial charge in [-0.3, -0.25) is 0 Å². The van der Waals surface area contributed by atoms with Crippen molar-refractivity contribution in [2.24, 2.45) is 0 Å². The molecule has 0 saturated carbocycles. The number of fused-ring (bicyclic) bond motifs is 8. The number of hydrogen-bond acceptors (Lipinski definition) is 0. The van der Waals surface area contributed by atoms with Gasteiger partial charge in [0.1, 0.15) is 0 Å². The first kappa shape index (κ1) is 20.9. The third-order valence-corrected chi connectivity index (χ3v) is 8.52. The molecule has 39 heavy (non-hydrogen) atoms. The molecule has 0 N–H and O–H groups in total. The fourth-order valence-corrected chi connectivity index (χ4v) is 6.86. The van der Waals surface area contributed by atoms with E-state index in [1.54, 1.807) is 0 Å². The Balaban J connectivity index is 1.33. The summed E-state index contributed by atoms with van der Waals surface area (Å²) in [5.41, 5.74) is 11.6. The molecule has 1 heteroatoms. The van der Waals surface area contributed by atoms with Gasteiger partial charge in [-0.15, -0.1) is 0 Å². The molecular weight excluding hydrogens is 470 g/mol. The van der Waals surface area contributed by atoms with Crippen molar-refractivity contribution in [3.05, 3.63) is 140 Å². The Morgan fingerprint density at radius 1 is 0.385 bits per heavy atom. The summed E-state index contributed by atoms with van der Waals surface area (Å²) in [7, 11) is 0. The predicted molar refractivity (Wildman–Crippen MR) is 166 cm³/mol. The Labute approximate surface area is 226 Å². The molecule has 0 bridgehead atoms. The minimum absolute atomic E-state index is 1.18. The van der Waals surface area contributed by atoms with Crippen LogP contribution in [0.3, 0.4) is 0 Å². The average Bonchev–Trinajstić information content (AvgIpc) is 3.52. The number of aromatic nitrogens is 1. The first-order valence-corrected chi connectivity index (χ1v) is 13.5. The highest BCUT2D eigenvalue weighted by Gasteiger charge is 2.25. The standard InChI is InChI=1S/C38H23N/c1-2-11-27-24(9-1)10-7-15-28(27)25-19-21-26(22-20-25)39-36-18-6-5-14-31(36)35-23-34-30-13-4-3-12-29(30)32-16-8-17-33(37(32)34)38(35)39/h1-23H. The van der Waals surface area contributed by atoms with Crippen molar-refractivity contribution >= 4 is 43.4 Å². The normalized spacial score (nSPS) is 12.1. The van der Waals surface area contributed by atoms with E-state index >= 15 is 0 Å². The third kappa shape index (κ3) is 2.79. The van der Waals surface area contributed by atoms with Crippen LogP contribution >= 0.6 is 0 Å². The molecule has 1 aliphatic rings. The smallest absolute Gasteiger partial charge is 0.0620 e. The first-order valence-electron chi connectivity index (χ1n) is 13.5. The van der Waals surface area contributed by atoms with Gasteiger partial charge in [-0.05, 0) is 73.8 Å². The van der Waals surface area contributed by atoms with Crippen molar-refractivity contribution in [1.82, 2.24) is 4.57 Å². The molecule has 0 spiro atoms. The molecule has 0 radical (unpaired) electrons.